The van der Waals surface area contributed by atoms with E-state index in [2.05, 4.69) is 0 Å². The SMILES string of the molecule is COCC(=O)c1c(I)c(C(=O)O)c(I)c(C(=O)N(C)CC(O)CO)c1I. The summed E-state index contributed by atoms with van der Waals surface area (Å²) in [7, 11) is 2.76. The molecule has 0 saturated carbocycles. The number of aliphatic hydroxyl groups excluding tert-OH is 2. The van der Waals surface area contributed by atoms with Crippen LogP contribution >= 0.6 is 67.8 Å². The predicted molar refractivity (Wildman–Crippen MR) is 118 cm³/mol. The number of rotatable bonds is 8. The normalized spacial score (nSPS) is 12.0. The van der Waals surface area contributed by atoms with Gasteiger partial charge in [-0.15, -0.1) is 0 Å². The van der Waals surface area contributed by atoms with Crippen LogP contribution in [0.5, 0.6) is 0 Å². The molecular weight excluding hydrogens is 687 g/mol. The molecule has 0 bridgehead atoms. The summed E-state index contributed by atoms with van der Waals surface area (Å²) in [4.78, 5) is 38.1. The summed E-state index contributed by atoms with van der Waals surface area (Å²) < 4.78 is 5.61. The van der Waals surface area contributed by atoms with Gasteiger partial charge in [0.05, 0.1) is 23.8 Å². The van der Waals surface area contributed by atoms with Crippen molar-refractivity contribution in [1.82, 2.24) is 4.90 Å². The van der Waals surface area contributed by atoms with Crippen LogP contribution < -0.4 is 0 Å². The Bertz CT molecular complexity index is 739. The maximum Gasteiger partial charge on any atom is 0.337 e. The Balaban J connectivity index is 3.63. The zero-order valence-electron chi connectivity index (χ0n) is 13.8. The Morgan fingerprint density at radius 3 is 2.04 bits per heavy atom. The van der Waals surface area contributed by atoms with E-state index in [0.717, 1.165) is 0 Å². The highest BCUT2D eigenvalue weighted by molar-refractivity contribution is 14.1. The Morgan fingerprint density at radius 2 is 1.58 bits per heavy atom. The number of halogens is 3. The van der Waals surface area contributed by atoms with Gasteiger partial charge in [0, 0.05) is 37.0 Å². The number of aromatic carboxylic acids is 1. The summed E-state index contributed by atoms with van der Waals surface area (Å²) in [5, 5.41) is 28.0. The van der Waals surface area contributed by atoms with Crippen molar-refractivity contribution in [3.8, 4) is 0 Å². The van der Waals surface area contributed by atoms with Crippen molar-refractivity contribution in [2.24, 2.45) is 0 Å². The van der Waals surface area contributed by atoms with Crippen molar-refractivity contribution in [3.63, 3.8) is 0 Å². The van der Waals surface area contributed by atoms with Crippen molar-refractivity contribution >= 4 is 85.4 Å². The van der Waals surface area contributed by atoms with Crippen LogP contribution in [0, 0.1) is 10.7 Å². The first kappa shape index (κ1) is 23.9. The average molecular weight is 703 g/mol. The fourth-order valence-electron chi connectivity index (χ4n) is 2.14. The lowest BCUT2D eigenvalue weighted by Crippen LogP contribution is -2.37. The number of carbonyl (C=O) groups is 3. The quantitative estimate of drug-likeness (QED) is 0.277. The number of carboxylic acid groups (broad SMARTS) is 1. The predicted octanol–water partition coefficient (Wildman–Crippen LogP) is 1.45. The minimum absolute atomic E-state index is 0.0658. The lowest BCUT2D eigenvalue weighted by molar-refractivity contribution is 0.0518. The number of ether oxygens (including phenoxy) is 1. The molecule has 0 radical (unpaired) electrons. The van der Waals surface area contributed by atoms with Crippen LogP contribution in [-0.2, 0) is 4.74 Å². The fourth-order valence-corrected chi connectivity index (χ4v) is 6.83. The van der Waals surface area contributed by atoms with E-state index in [1.165, 1.54) is 19.1 Å². The molecular formula is C15H16I3NO7. The van der Waals surface area contributed by atoms with Crippen LogP contribution in [0.25, 0.3) is 0 Å². The highest BCUT2D eigenvalue weighted by atomic mass is 127. The van der Waals surface area contributed by atoms with Gasteiger partial charge in [0.25, 0.3) is 5.91 Å². The lowest BCUT2D eigenvalue weighted by atomic mass is 10.0. The molecule has 0 saturated heterocycles. The Hall–Kier alpha value is -0.100. The number of nitrogens with zero attached hydrogens (tertiary/aromatic N) is 1. The van der Waals surface area contributed by atoms with Gasteiger partial charge in [-0.05, 0) is 67.8 Å². The molecule has 0 spiro atoms. The van der Waals surface area contributed by atoms with E-state index >= 15 is 0 Å². The van der Waals surface area contributed by atoms with Crippen molar-refractivity contribution in [3.05, 3.63) is 27.4 Å². The second-order valence-corrected chi connectivity index (χ2v) is 8.49. The first-order chi connectivity index (χ1) is 12.1. The molecule has 11 heteroatoms. The molecule has 0 aliphatic carbocycles. The van der Waals surface area contributed by atoms with Crippen molar-refractivity contribution < 1.29 is 34.4 Å². The van der Waals surface area contributed by atoms with Crippen LogP contribution in [0.3, 0.4) is 0 Å². The molecule has 0 fully saturated rings. The van der Waals surface area contributed by atoms with Gasteiger partial charge in [-0.2, -0.15) is 0 Å². The standard InChI is InChI=1S/C15H16I3NO7/c1-19(3-6(21)4-20)14(23)9-11(16)8(7(22)5-26-2)12(17)10(13(9)18)15(24)25/h6,20-21H,3-5H2,1-2H3,(H,24,25). The van der Waals surface area contributed by atoms with E-state index in [-0.39, 0.29) is 37.0 Å². The van der Waals surface area contributed by atoms with Crippen LogP contribution in [0.15, 0.2) is 0 Å². The van der Waals surface area contributed by atoms with Gasteiger partial charge >= 0.3 is 5.97 Å². The second-order valence-electron chi connectivity index (χ2n) is 5.25. The minimum Gasteiger partial charge on any atom is -0.478 e. The number of carbonyl (C=O) groups excluding carboxylic acids is 2. The Kier molecular flexibility index (Phi) is 9.62. The molecule has 1 aromatic rings. The first-order valence-electron chi connectivity index (χ1n) is 7.08. The summed E-state index contributed by atoms with van der Waals surface area (Å²) in [5.41, 5.74) is 0.0481. The molecule has 0 heterocycles. The number of aliphatic hydroxyl groups is 2. The second kappa shape index (κ2) is 10.4. The number of carboxylic acids is 1. The van der Waals surface area contributed by atoms with Crippen LogP contribution in [0.4, 0.5) is 0 Å². The van der Waals surface area contributed by atoms with Crippen LogP contribution in [-0.4, -0.2) is 77.9 Å². The summed E-state index contributed by atoms with van der Waals surface area (Å²) in [5.74, 6) is -2.25. The van der Waals surface area contributed by atoms with Crippen molar-refractivity contribution in [1.29, 1.82) is 0 Å². The number of hydrogen-bond acceptors (Lipinski definition) is 6. The molecule has 0 aliphatic rings. The fraction of sp³-hybridized carbons (Fsp3) is 0.400. The number of likely N-dealkylation sites (N-methyl/N-ethyl adjacent to an activating group) is 1. The minimum atomic E-state index is -1.26. The first-order valence-corrected chi connectivity index (χ1v) is 10.3. The summed E-state index contributed by atoms with van der Waals surface area (Å²) in [6, 6.07) is 0. The van der Waals surface area contributed by atoms with Gasteiger partial charge in [0.2, 0.25) is 0 Å². The number of ketones is 1. The van der Waals surface area contributed by atoms with Crippen LogP contribution in [0.1, 0.15) is 31.1 Å². The molecule has 8 nitrogen and oxygen atoms in total. The molecule has 1 aromatic carbocycles. The third-order valence-corrected chi connectivity index (χ3v) is 6.58. The zero-order chi connectivity index (χ0) is 20.2. The average Bonchev–Trinajstić information content (AvgIpc) is 2.54. The third-order valence-electron chi connectivity index (χ3n) is 3.34. The number of Topliss-reactive ketones (excluding diaryl/α,β-unsaturated/α-hetero) is 1. The van der Waals surface area contributed by atoms with E-state index in [4.69, 9.17) is 9.84 Å². The van der Waals surface area contributed by atoms with Gasteiger partial charge in [-0.3, -0.25) is 9.59 Å². The third kappa shape index (κ3) is 5.24. The molecule has 1 rings (SSSR count). The maximum atomic E-state index is 12.8. The zero-order valence-corrected chi connectivity index (χ0v) is 20.2. The molecule has 1 amide bonds. The van der Waals surface area contributed by atoms with Crippen LogP contribution in [0.2, 0.25) is 0 Å². The van der Waals surface area contributed by atoms with Gasteiger partial charge in [-0.25, -0.2) is 4.79 Å². The lowest BCUT2D eigenvalue weighted by Gasteiger charge is -2.23. The van der Waals surface area contributed by atoms with Gasteiger partial charge in [-0.1, -0.05) is 0 Å². The molecule has 0 aliphatic heterocycles. The van der Waals surface area contributed by atoms with E-state index in [1.54, 1.807) is 45.2 Å². The summed E-state index contributed by atoms with van der Waals surface area (Å²) in [6.45, 7) is -0.911. The van der Waals surface area contributed by atoms with Gasteiger partial charge < -0.3 is 25.0 Å². The smallest absolute Gasteiger partial charge is 0.337 e. The highest BCUT2D eigenvalue weighted by Crippen LogP contribution is 2.33. The number of hydrogen-bond donors (Lipinski definition) is 3. The van der Waals surface area contributed by atoms with E-state index in [1.807, 2.05) is 22.6 Å². The number of amides is 1. The maximum absolute atomic E-state index is 12.8. The van der Waals surface area contributed by atoms with Gasteiger partial charge in [0.15, 0.2) is 5.78 Å². The molecule has 1 atom stereocenters. The molecule has 3 N–H and O–H groups in total. The van der Waals surface area contributed by atoms with Crippen molar-refractivity contribution in [2.75, 3.05) is 33.9 Å². The summed E-state index contributed by atoms with van der Waals surface area (Å²) in [6.07, 6.45) is -1.13. The topological polar surface area (TPSA) is 124 Å². The Labute approximate surface area is 190 Å². The summed E-state index contributed by atoms with van der Waals surface area (Å²) >= 11 is 5.39. The molecule has 26 heavy (non-hydrogen) atoms. The van der Waals surface area contributed by atoms with E-state index in [0.29, 0.717) is 3.57 Å². The van der Waals surface area contributed by atoms with Gasteiger partial charge in [0.1, 0.15) is 6.61 Å². The van der Waals surface area contributed by atoms with Crippen molar-refractivity contribution in [2.45, 2.75) is 6.10 Å². The molecule has 144 valence electrons. The monoisotopic (exact) mass is 703 g/mol. The molecule has 1 unspecified atom stereocenters. The number of methoxy groups -OCH3 is 1. The van der Waals surface area contributed by atoms with E-state index in [9.17, 15) is 24.6 Å². The molecule has 0 aromatic heterocycles. The number of benzene rings is 1. The largest absolute Gasteiger partial charge is 0.478 e. The highest BCUT2D eigenvalue weighted by Gasteiger charge is 2.31. The van der Waals surface area contributed by atoms with E-state index < -0.39 is 30.4 Å². The Morgan fingerprint density at radius 1 is 1.08 bits per heavy atom.